The molecule has 3 rings (SSSR count). The van der Waals surface area contributed by atoms with Crippen LogP contribution in [-0.2, 0) is 4.74 Å². The number of benzene rings is 2. The van der Waals surface area contributed by atoms with Gasteiger partial charge in [-0.05, 0) is 31.2 Å². The van der Waals surface area contributed by atoms with Gasteiger partial charge in [-0.3, -0.25) is 19.5 Å². The Balaban J connectivity index is 2.23. The summed E-state index contributed by atoms with van der Waals surface area (Å²) in [7, 11) is 0. The summed E-state index contributed by atoms with van der Waals surface area (Å²) in [5.74, 6) is -1.07. The maximum absolute atomic E-state index is 12.9. The highest BCUT2D eigenvalue weighted by Crippen LogP contribution is 2.26. The van der Waals surface area contributed by atoms with Crippen molar-refractivity contribution in [1.82, 2.24) is 4.57 Å². The van der Waals surface area contributed by atoms with Crippen molar-refractivity contribution in [3.05, 3.63) is 76.0 Å². The third-order valence-electron chi connectivity index (χ3n) is 3.70. The van der Waals surface area contributed by atoms with E-state index in [-0.39, 0.29) is 18.0 Å². The first-order valence-corrected chi connectivity index (χ1v) is 7.59. The molecule has 1 aromatic heterocycles. The van der Waals surface area contributed by atoms with Gasteiger partial charge >= 0.3 is 5.97 Å². The minimum atomic E-state index is -0.661. The Labute approximate surface area is 142 Å². The molecule has 0 fully saturated rings. The van der Waals surface area contributed by atoms with E-state index in [0.29, 0.717) is 16.5 Å². The van der Waals surface area contributed by atoms with Gasteiger partial charge in [0.15, 0.2) is 0 Å². The van der Waals surface area contributed by atoms with E-state index in [1.54, 1.807) is 37.3 Å². The molecule has 0 saturated carbocycles. The molecular weight excluding hydrogens is 324 g/mol. The molecule has 7 nitrogen and oxygen atoms in total. The zero-order valence-electron chi connectivity index (χ0n) is 13.3. The smallest absolute Gasteiger partial charge is 0.355 e. The van der Waals surface area contributed by atoms with E-state index in [2.05, 4.69) is 0 Å². The lowest BCUT2D eigenvalue weighted by Crippen LogP contribution is -2.19. The molecule has 126 valence electrons. The van der Waals surface area contributed by atoms with Crippen molar-refractivity contribution < 1.29 is 19.2 Å². The molecule has 7 heteroatoms. The molecule has 0 aliphatic carbocycles. The fourth-order valence-electron chi connectivity index (χ4n) is 2.60. The summed E-state index contributed by atoms with van der Waals surface area (Å²) in [6.45, 7) is 1.81. The van der Waals surface area contributed by atoms with Crippen LogP contribution in [0.25, 0.3) is 10.9 Å². The molecule has 0 atom stereocenters. The van der Waals surface area contributed by atoms with Gasteiger partial charge in [0.05, 0.1) is 17.0 Å². The highest BCUT2D eigenvalue weighted by Gasteiger charge is 2.23. The number of fused-ring (bicyclic) bond motifs is 1. The number of esters is 1. The molecule has 25 heavy (non-hydrogen) atoms. The maximum Gasteiger partial charge on any atom is 0.355 e. The minimum Gasteiger partial charge on any atom is -0.461 e. The van der Waals surface area contributed by atoms with Gasteiger partial charge in [0, 0.05) is 23.1 Å². The van der Waals surface area contributed by atoms with Crippen LogP contribution >= 0.6 is 0 Å². The molecule has 2 aromatic carbocycles. The van der Waals surface area contributed by atoms with Gasteiger partial charge in [-0.1, -0.05) is 18.2 Å². The molecule has 0 radical (unpaired) electrons. The number of hydrogen-bond acceptors (Lipinski definition) is 5. The molecule has 0 aliphatic heterocycles. The zero-order valence-corrected chi connectivity index (χ0v) is 13.3. The van der Waals surface area contributed by atoms with Crippen LogP contribution in [0, 0.1) is 10.1 Å². The third-order valence-corrected chi connectivity index (χ3v) is 3.70. The standard InChI is InChI=1S/C18H14N2O5/c1-2-25-18(22)16-11-13-10-14(20(23)24)8-9-15(13)19(16)17(21)12-6-4-3-5-7-12/h3-11H,2H2,1H3. The van der Waals surface area contributed by atoms with Crippen molar-refractivity contribution in [2.24, 2.45) is 0 Å². The van der Waals surface area contributed by atoms with Crippen LogP contribution in [0.5, 0.6) is 0 Å². The molecule has 0 amide bonds. The first-order chi connectivity index (χ1) is 12.0. The number of nitro benzene ring substituents is 1. The topological polar surface area (TPSA) is 91.4 Å². The summed E-state index contributed by atoms with van der Waals surface area (Å²) in [6, 6.07) is 14.0. The van der Waals surface area contributed by atoms with Crippen LogP contribution in [0.3, 0.4) is 0 Å². The van der Waals surface area contributed by atoms with Gasteiger partial charge in [-0.15, -0.1) is 0 Å². The molecule has 0 N–H and O–H groups in total. The van der Waals surface area contributed by atoms with Crippen molar-refractivity contribution in [3.63, 3.8) is 0 Å². The van der Waals surface area contributed by atoms with Crippen LogP contribution in [-0.4, -0.2) is 28.0 Å². The predicted octanol–water partition coefficient (Wildman–Crippen LogP) is 3.41. The predicted molar refractivity (Wildman–Crippen MR) is 90.7 cm³/mol. The second-order valence-corrected chi connectivity index (χ2v) is 5.26. The number of aromatic nitrogens is 1. The van der Waals surface area contributed by atoms with E-state index in [4.69, 9.17) is 4.74 Å². The first-order valence-electron chi connectivity index (χ1n) is 7.59. The molecular formula is C18H14N2O5. The Morgan fingerprint density at radius 1 is 1.12 bits per heavy atom. The van der Waals surface area contributed by atoms with E-state index in [1.165, 1.54) is 28.8 Å². The van der Waals surface area contributed by atoms with E-state index in [9.17, 15) is 19.7 Å². The van der Waals surface area contributed by atoms with Crippen molar-refractivity contribution in [2.75, 3.05) is 6.61 Å². The van der Waals surface area contributed by atoms with Crippen LogP contribution < -0.4 is 0 Å². The van der Waals surface area contributed by atoms with E-state index >= 15 is 0 Å². The monoisotopic (exact) mass is 338 g/mol. The lowest BCUT2D eigenvalue weighted by molar-refractivity contribution is -0.384. The van der Waals surface area contributed by atoms with Crippen LogP contribution in [0.4, 0.5) is 5.69 Å². The van der Waals surface area contributed by atoms with Gasteiger partial charge in [-0.2, -0.15) is 0 Å². The Hall–Kier alpha value is -3.48. The summed E-state index contributed by atoms with van der Waals surface area (Å²) in [4.78, 5) is 35.6. The van der Waals surface area contributed by atoms with Gasteiger partial charge in [-0.25, -0.2) is 4.79 Å². The summed E-state index contributed by atoms with van der Waals surface area (Å²) in [5, 5.41) is 11.4. The Morgan fingerprint density at radius 2 is 1.84 bits per heavy atom. The van der Waals surface area contributed by atoms with Gasteiger partial charge in [0.1, 0.15) is 5.69 Å². The van der Waals surface area contributed by atoms with Crippen LogP contribution in [0.1, 0.15) is 27.8 Å². The maximum atomic E-state index is 12.9. The van der Waals surface area contributed by atoms with Gasteiger partial charge in [0.2, 0.25) is 0 Å². The van der Waals surface area contributed by atoms with Gasteiger partial charge < -0.3 is 4.74 Å². The van der Waals surface area contributed by atoms with E-state index in [0.717, 1.165) is 0 Å². The van der Waals surface area contributed by atoms with Gasteiger partial charge in [0.25, 0.3) is 11.6 Å². The van der Waals surface area contributed by atoms with Crippen molar-refractivity contribution in [3.8, 4) is 0 Å². The molecule has 3 aromatic rings. The minimum absolute atomic E-state index is 0.0335. The van der Waals surface area contributed by atoms with Crippen molar-refractivity contribution >= 4 is 28.5 Å². The summed E-state index contributed by atoms with van der Waals surface area (Å²) in [6.07, 6.45) is 0. The number of ether oxygens (including phenoxy) is 1. The number of nitrogens with zero attached hydrogens (tertiary/aromatic N) is 2. The Kier molecular flexibility index (Phi) is 4.30. The molecule has 1 heterocycles. The lowest BCUT2D eigenvalue weighted by atomic mass is 10.2. The molecule has 0 aliphatic rings. The number of nitro groups is 1. The molecule has 0 saturated heterocycles. The number of carbonyl (C=O) groups excluding carboxylic acids is 2. The second kappa shape index (κ2) is 6.56. The number of hydrogen-bond donors (Lipinski definition) is 0. The second-order valence-electron chi connectivity index (χ2n) is 5.26. The average Bonchev–Trinajstić information content (AvgIpc) is 3.00. The van der Waals surface area contributed by atoms with E-state index in [1.807, 2.05) is 0 Å². The Bertz CT molecular complexity index is 976. The largest absolute Gasteiger partial charge is 0.461 e. The summed E-state index contributed by atoms with van der Waals surface area (Å²) in [5.41, 5.74) is 0.713. The quantitative estimate of drug-likeness (QED) is 0.413. The number of rotatable bonds is 4. The fraction of sp³-hybridized carbons (Fsp3) is 0.111. The third kappa shape index (κ3) is 2.99. The normalized spacial score (nSPS) is 10.6. The first kappa shape index (κ1) is 16.4. The lowest BCUT2D eigenvalue weighted by Gasteiger charge is -2.09. The highest BCUT2D eigenvalue weighted by molar-refractivity contribution is 6.08. The van der Waals surface area contributed by atoms with Crippen LogP contribution in [0.2, 0.25) is 0 Å². The SMILES string of the molecule is CCOC(=O)c1cc2cc([N+](=O)[O-])ccc2n1C(=O)c1ccccc1. The summed E-state index contributed by atoms with van der Waals surface area (Å²) < 4.78 is 6.24. The summed E-state index contributed by atoms with van der Waals surface area (Å²) >= 11 is 0. The van der Waals surface area contributed by atoms with Crippen molar-refractivity contribution in [1.29, 1.82) is 0 Å². The molecule has 0 spiro atoms. The fourth-order valence-corrected chi connectivity index (χ4v) is 2.60. The number of carbonyl (C=O) groups is 2. The van der Waals surface area contributed by atoms with Crippen LogP contribution in [0.15, 0.2) is 54.6 Å². The molecule has 0 bridgehead atoms. The van der Waals surface area contributed by atoms with E-state index < -0.39 is 16.8 Å². The molecule has 0 unspecified atom stereocenters. The number of non-ortho nitro benzene ring substituents is 1. The average molecular weight is 338 g/mol. The Morgan fingerprint density at radius 3 is 2.48 bits per heavy atom. The zero-order chi connectivity index (χ0) is 18.0. The van der Waals surface area contributed by atoms with Crippen molar-refractivity contribution in [2.45, 2.75) is 6.92 Å². The highest BCUT2D eigenvalue weighted by atomic mass is 16.6.